The molecule has 19 heavy (non-hydrogen) atoms. The van der Waals surface area contributed by atoms with Crippen molar-refractivity contribution in [3.63, 3.8) is 0 Å². The van der Waals surface area contributed by atoms with Crippen molar-refractivity contribution in [2.75, 3.05) is 0 Å². The van der Waals surface area contributed by atoms with Crippen LogP contribution < -0.4 is 0 Å². The smallest absolute Gasteiger partial charge is 0.356 e. The van der Waals surface area contributed by atoms with Gasteiger partial charge in [-0.25, -0.2) is 14.5 Å². The van der Waals surface area contributed by atoms with Crippen molar-refractivity contribution in [3.8, 4) is 5.69 Å². The fourth-order valence-corrected chi connectivity index (χ4v) is 3.09. The van der Waals surface area contributed by atoms with Gasteiger partial charge < -0.3 is 5.11 Å². The second-order valence-corrected chi connectivity index (χ2v) is 5.46. The number of rotatable bonds is 2. The molecular formula is C13H10ClN3O2. The maximum Gasteiger partial charge on any atom is 0.356 e. The number of aromatic nitrogens is 3. The van der Waals surface area contributed by atoms with E-state index in [4.69, 9.17) is 11.6 Å². The Balaban J connectivity index is 1.91. The molecule has 2 aromatic rings. The summed E-state index contributed by atoms with van der Waals surface area (Å²) in [6.45, 7) is 0. The van der Waals surface area contributed by atoms with Gasteiger partial charge in [-0.1, -0.05) is 11.6 Å². The van der Waals surface area contributed by atoms with Crippen LogP contribution in [0.1, 0.15) is 34.1 Å². The number of carbonyl (C=O) groups is 1. The van der Waals surface area contributed by atoms with E-state index in [1.54, 1.807) is 16.9 Å². The number of nitrogens with zero attached hydrogens (tertiary/aromatic N) is 3. The van der Waals surface area contributed by atoms with E-state index in [9.17, 15) is 9.90 Å². The third-order valence-corrected chi connectivity index (χ3v) is 4.15. The van der Waals surface area contributed by atoms with Gasteiger partial charge in [0, 0.05) is 11.5 Å². The van der Waals surface area contributed by atoms with Crippen molar-refractivity contribution in [1.29, 1.82) is 0 Å². The Hall–Kier alpha value is -1.88. The predicted molar refractivity (Wildman–Crippen MR) is 67.9 cm³/mol. The van der Waals surface area contributed by atoms with Gasteiger partial charge >= 0.3 is 5.97 Å². The van der Waals surface area contributed by atoms with Crippen LogP contribution in [0.4, 0.5) is 0 Å². The summed E-state index contributed by atoms with van der Waals surface area (Å²) < 4.78 is 1.72. The first kappa shape index (κ1) is 11.0. The standard InChI is InChI=1S/C13H10ClN3O2/c14-10-2-1-7(5-15-10)17-12-8-3-6(8)4-9(12)11(16-17)13(18)19/h1-2,5-6,8H,3-4H2,(H,18,19)/t6-,8-/m1/s1. The first-order chi connectivity index (χ1) is 9.15. The number of pyridine rings is 1. The van der Waals surface area contributed by atoms with E-state index in [1.165, 1.54) is 0 Å². The maximum absolute atomic E-state index is 11.3. The van der Waals surface area contributed by atoms with Crippen LogP contribution in [-0.4, -0.2) is 25.8 Å². The van der Waals surface area contributed by atoms with Crippen LogP contribution in [0.5, 0.6) is 0 Å². The Labute approximate surface area is 113 Å². The molecule has 0 aromatic carbocycles. The zero-order chi connectivity index (χ0) is 13.1. The van der Waals surface area contributed by atoms with Gasteiger partial charge in [-0.3, -0.25) is 0 Å². The highest BCUT2D eigenvalue weighted by Crippen LogP contribution is 2.57. The quantitative estimate of drug-likeness (QED) is 0.854. The molecule has 0 amide bonds. The summed E-state index contributed by atoms with van der Waals surface area (Å²) in [6, 6.07) is 3.49. The average molecular weight is 276 g/mol. The summed E-state index contributed by atoms with van der Waals surface area (Å²) in [7, 11) is 0. The van der Waals surface area contributed by atoms with Gasteiger partial charge in [0.25, 0.3) is 0 Å². The maximum atomic E-state index is 11.3. The van der Waals surface area contributed by atoms with Crippen LogP contribution in [0.3, 0.4) is 0 Å². The number of hydrogen-bond acceptors (Lipinski definition) is 3. The van der Waals surface area contributed by atoms with E-state index < -0.39 is 5.97 Å². The molecule has 6 heteroatoms. The van der Waals surface area contributed by atoms with Crippen LogP contribution in [0.25, 0.3) is 5.69 Å². The van der Waals surface area contributed by atoms with Gasteiger partial charge in [-0.15, -0.1) is 0 Å². The molecule has 5 nitrogen and oxygen atoms in total. The van der Waals surface area contributed by atoms with Crippen LogP contribution in [0, 0.1) is 5.92 Å². The number of fused-ring (bicyclic) bond motifs is 3. The highest BCUT2D eigenvalue weighted by Gasteiger charge is 2.50. The molecule has 0 spiro atoms. The SMILES string of the molecule is O=C(O)c1nn(-c2ccc(Cl)nc2)c2c1C[C@H]1C[C@@H]21. The van der Waals surface area contributed by atoms with Crippen LogP contribution in [0.15, 0.2) is 18.3 Å². The second-order valence-electron chi connectivity index (χ2n) is 5.07. The van der Waals surface area contributed by atoms with Crippen molar-refractivity contribution in [2.24, 2.45) is 5.92 Å². The summed E-state index contributed by atoms with van der Waals surface area (Å²) in [5.74, 6) is 0.113. The van der Waals surface area contributed by atoms with Crippen molar-refractivity contribution < 1.29 is 9.90 Å². The number of carboxylic acid groups (broad SMARTS) is 1. The summed E-state index contributed by atoms with van der Waals surface area (Å²) >= 11 is 5.77. The lowest BCUT2D eigenvalue weighted by atomic mass is 10.1. The number of aromatic carboxylic acids is 1. The topological polar surface area (TPSA) is 68.0 Å². The minimum atomic E-state index is -0.960. The van der Waals surface area contributed by atoms with Gasteiger partial charge in [0.2, 0.25) is 0 Å². The van der Waals surface area contributed by atoms with E-state index in [0.29, 0.717) is 17.0 Å². The normalized spacial score (nSPS) is 23.0. The van der Waals surface area contributed by atoms with Gasteiger partial charge in [-0.2, -0.15) is 5.10 Å². The summed E-state index contributed by atoms with van der Waals surface area (Å²) in [6.07, 6.45) is 3.60. The third-order valence-electron chi connectivity index (χ3n) is 3.92. The molecule has 2 aromatic heterocycles. The molecular weight excluding hydrogens is 266 g/mol. The molecule has 0 bridgehead atoms. The van der Waals surface area contributed by atoms with Crippen LogP contribution in [0.2, 0.25) is 5.15 Å². The van der Waals surface area contributed by atoms with E-state index >= 15 is 0 Å². The summed E-state index contributed by atoms with van der Waals surface area (Å²) in [4.78, 5) is 15.3. The molecule has 1 saturated carbocycles. The lowest BCUT2D eigenvalue weighted by Crippen LogP contribution is -2.04. The van der Waals surface area contributed by atoms with Crippen molar-refractivity contribution >= 4 is 17.6 Å². The molecule has 4 rings (SSSR count). The van der Waals surface area contributed by atoms with E-state index in [-0.39, 0.29) is 5.69 Å². The van der Waals surface area contributed by atoms with E-state index in [0.717, 1.165) is 29.8 Å². The number of halogens is 1. The molecule has 1 fully saturated rings. The molecule has 2 heterocycles. The lowest BCUT2D eigenvalue weighted by molar-refractivity contribution is 0.0688. The van der Waals surface area contributed by atoms with Crippen LogP contribution in [-0.2, 0) is 6.42 Å². The Morgan fingerprint density at radius 3 is 3.00 bits per heavy atom. The fourth-order valence-electron chi connectivity index (χ4n) is 2.98. The Morgan fingerprint density at radius 1 is 1.47 bits per heavy atom. The van der Waals surface area contributed by atoms with E-state index in [1.807, 2.05) is 6.07 Å². The van der Waals surface area contributed by atoms with E-state index in [2.05, 4.69) is 10.1 Å². The molecule has 0 unspecified atom stereocenters. The van der Waals surface area contributed by atoms with Crippen LogP contribution >= 0.6 is 11.6 Å². The molecule has 0 aliphatic heterocycles. The molecule has 2 aliphatic rings. The predicted octanol–water partition coefficient (Wildman–Crippen LogP) is 2.28. The minimum absolute atomic E-state index is 0.178. The molecule has 2 aliphatic carbocycles. The molecule has 2 atom stereocenters. The van der Waals surface area contributed by atoms with Gasteiger partial charge in [0.1, 0.15) is 5.15 Å². The number of hydrogen-bond donors (Lipinski definition) is 1. The summed E-state index contributed by atoms with van der Waals surface area (Å²) in [5.41, 5.74) is 2.88. The molecule has 0 radical (unpaired) electrons. The Kier molecular flexibility index (Phi) is 2.07. The Bertz CT molecular complexity index is 693. The van der Waals surface area contributed by atoms with Crippen molar-refractivity contribution in [1.82, 2.24) is 14.8 Å². The first-order valence-electron chi connectivity index (χ1n) is 6.12. The summed E-state index contributed by atoms with van der Waals surface area (Å²) in [5, 5.41) is 13.9. The van der Waals surface area contributed by atoms with Gasteiger partial charge in [0.15, 0.2) is 5.69 Å². The average Bonchev–Trinajstić information content (AvgIpc) is 2.89. The lowest BCUT2D eigenvalue weighted by Gasteiger charge is -2.05. The first-order valence-corrected chi connectivity index (χ1v) is 6.50. The highest BCUT2D eigenvalue weighted by molar-refractivity contribution is 6.29. The highest BCUT2D eigenvalue weighted by atomic mass is 35.5. The fraction of sp³-hybridized carbons (Fsp3) is 0.308. The minimum Gasteiger partial charge on any atom is -0.476 e. The number of carboxylic acids is 1. The largest absolute Gasteiger partial charge is 0.476 e. The zero-order valence-electron chi connectivity index (χ0n) is 9.88. The molecule has 0 saturated heterocycles. The third kappa shape index (κ3) is 1.51. The zero-order valence-corrected chi connectivity index (χ0v) is 10.6. The second kappa shape index (κ2) is 3.57. The van der Waals surface area contributed by atoms with Gasteiger partial charge in [-0.05, 0) is 30.9 Å². The molecule has 1 N–H and O–H groups in total. The monoisotopic (exact) mass is 275 g/mol. The van der Waals surface area contributed by atoms with Crippen molar-refractivity contribution in [2.45, 2.75) is 18.8 Å². The van der Waals surface area contributed by atoms with Gasteiger partial charge in [0.05, 0.1) is 17.6 Å². The van der Waals surface area contributed by atoms with Crippen molar-refractivity contribution in [3.05, 3.63) is 40.4 Å². The Morgan fingerprint density at radius 2 is 2.32 bits per heavy atom. The molecule has 96 valence electrons.